The third-order valence-corrected chi connectivity index (χ3v) is 5.35. The van der Waals surface area contributed by atoms with Crippen LogP contribution in [0.4, 0.5) is 5.69 Å². The number of hydrogen-bond donors (Lipinski definition) is 1. The average molecular weight is 389 g/mol. The second-order valence-electron chi connectivity index (χ2n) is 6.46. The van der Waals surface area contributed by atoms with E-state index >= 15 is 0 Å². The molecule has 4 rings (SSSR count). The van der Waals surface area contributed by atoms with E-state index in [4.69, 9.17) is 0 Å². The highest BCUT2D eigenvalue weighted by molar-refractivity contribution is 7.98. The Kier molecular flexibility index (Phi) is 5.08. The van der Waals surface area contributed by atoms with Gasteiger partial charge in [-0.25, -0.2) is 9.50 Å². The number of nitrogens with one attached hydrogen (secondary N) is 1. The molecule has 0 saturated heterocycles. The van der Waals surface area contributed by atoms with Crippen molar-refractivity contribution in [1.29, 1.82) is 0 Å². The van der Waals surface area contributed by atoms with Gasteiger partial charge in [0.15, 0.2) is 5.65 Å². The first-order valence-electron chi connectivity index (χ1n) is 8.85. The van der Waals surface area contributed by atoms with E-state index in [9.17, 15) is 4.79 Å². The summed E-state index contributed by atoms with van der Waals surface area (Å²) in [6, 6.07) is 13.7. The summed E-state index contributed by atoms with van der Waals surface area (Å²) in [6.45, 7) is 3.85. The van der Waals surface area contributed by atoms with E-state index in [1.165, 1.54) is 5.56 Å². The molecular weight excluding hydrogens is 370 g/mol. The molecule has 7 heteroatoms. The number of pyridine rings is 1. The Morgan fingerprint density at radius 1 is 1.14 bits per heavy atom. The zero-order valence-electron chi connectivity index (χ0n) is 15.6. The number of anilines is 1. The number of aryl methyl sites for hydroxylation is 2. The van der Waals surface area contributed by atoms with Crippen LogP contribution in [0.3, 0.4) is 0 Å². The maximum absolute atomic E-state index is 12.7. The Labute approximate surface area is 167 Å². The van der Waals surface area contributed by atoms with Crippen molar-refractivity contribution in [2.24, 2.45) is 0 Å². The predicted molar refractivity (Wildman–Crippen MR) is 111 cm³/mol. The van der Waals surface area contributed by atoms with Crippen LogP contribution in [0.15, 0.2) is 66.0 Å². The van der Waals surface area contributed by atoms with E-state index < -0.39 is 0 Å². The number of carbonyl (C=O) groups is 1. The van der Waals surface area contributed by atoms with Crippen molar-refractivity contribution in [2.75, 3.05) is 5.32 Å². The van der Waals surface area contributed by atoms with Gasteiger partial charge in [-0.15, -0.1) is 11.8 Å². The van der Waals surface area contributed by atoms with Crippen LogP contribution in [0, 0.1) is 13.8 Å². The van der Waals surface area contributed by atoms with Crippen molar-refractivity contribution in [3.63, 3.8) is 0 Å². The second kappa shape index (κ2) is 7.82. The standard InChI is InChI=1S/C21H19N5OS/c1-14-10-15(2)26-20(24-14)19(12-23-26)21(27)25-17-5-7-18(8-6-17)28-13-16-4-3-9-22-11-16/h3-12H,13H2,1-2H3,(H,25,27). The molecule has 140 valence electrons. The van der Waals surface area contributed by atoms with Crippen molar-refractivity contribution >= 4 is 29.0 Å². The summed E-state index contributed by atoms with van der Waals surface area (Å²) < 4.78 is 1.68. The van der Waals surface area contributed by atoms with Crippen LogP contribution >= 0.6 is 11.8 Å². The molecule has 0 aliphatic carbocycles. The van der Waals surface area contributed by atoms with Gasteiger partial charge in [-0.3, -0.25) is 9.78 Å². The SMILES string of the molecule is Cc1cc(C)n2ncc(C(=O)Nc3ccc(SCc4cccnc4)cc3)c2n1. The molecule has 4 aromatic rings. The molecule has 0 unspecified atom stereocenters. The molecule has 0 aliphatic heterocycles. The van der Waals surface area contributed by atoms with Gasteiger partial charge in [-0.1, -0.05) is 6.07 Å². The molecule has 0 atom stereocenters. The quantitative estimate of drug-likeness (QED) is 0.516. The van der Waals surface area contributed by atoms with E-state index in [1.807, 2.05) is 56.4 Å². The Bertz CT molecular complexity index is 1120. The van der Waals surface area contributed by atoms with Gasteiger partial charge in [0.1, 0.15) is 5.56 Å². The normalized spacial score (nSPS) is 10.9. The first-order chi connectivity index (χ1) is 13.6. The monoisotopic (exact) mass is 389 g/mol. The summed E-state index contributed by atoms with van der Waals surface area (Å²) in [5.74, 6) is 0.634. The molecule has 3 aromatic heterocycles. The number of thioether (sulfide) groups is 1. The van der Waals surface area contributed by atoms with Gasteiger partial charge in [0.25, 0.3) is 5.91 Å². The van der Waals surface area contributed by atoms with Gasteiger partial charge in [0, 0.05) is 40.1 Å². The highest BCUT2D eigenvalue weighted by Crippen LogP contribution is 2.24. The second-order valence-corrected chi connectivity index (χ2v) is 7.51. The minimum atomic E-state index is -0.219. The smallest absolute Gasteiger partial charge is 0.261 e. The fourth-order valence-corrected chi connectivity index (χ4v) is 3.75. The van der Waals surface area contributed by atoms with Crippen LogP contribution in [-0.2, 0) is 5.75 Å². The zero-order chi connectivity index (χ0) is 19.5. The number of benzene rings is 1. The summed E-state index contributed by atoms with van der Waals surface area (Å²) >= 11 is 1.73. The summed E-state index contributed by atoms with van der Waals surface area (Å²) in [4.78, 5) is 22.4. The maximum atomic E-state index is 12.7. The molecule has 1 aromatic carbocycles. The lowest BCUT2D eigenvalue weighted by atomic mass is 10.2. The highest BCUT2D eigenvalue weighted by Gasteiger charge is 2.15. The van der Waals surface area contributed by atoms with Gasteiger partial charge in [0.2, 0.25) is 0 Å². The minimum Gasteiger partial charge on any atom is -0.322 e. The Balaban J connectivity index is 1.45. The summed E-state index contributed by atoms with van der Waals surface area (Å²) in [6.07, 6.45) is 5.20. The molecule has 6 nitrogen and oxygen atoms in total. The third kappa shape index (κ3) is 3.89. The first kappa shape index (κ1) is 18.2. The number of carbonyl (C=O) groups excluding carboxylic acids is 1. The fourth-order valence-electron chi connectivity index (χ4n) is 2.91. The van der Waals surface area contributed by atoms with Crippen LogP contribution < -0.4 is 5.32 Å². The van der Waals surface area contributed by atoms with E-state index in [2.05, 4.69) is 26.4 Å². The molecule has 1 amide bonds. The molecule has 28 heavy (non-hydrogen) atoms. The Hall–Kier alpha value is -3.19. The van der Waals surface area contributed by atoms with Crippen LogP contribution in [0.1, 0.15) is 27.3 Å². The van der Waals surface area contributed by atoms with Crippen molar-refractivity contribution in [1.82, 2.24) is 19.6 Å². The van der Waals surface area contributed by atoms with E-state index in [0.717, 1.165) is 27.7 Å². The third-order valence-electron chi connectivity index (χ3n) is 4.26. The lowest BCUT2D eigenvalue weighted by Crippen LogP contribution is -2.12. The van der Waals surface area contributed by atoms with Gasteiger partial charge >= 0.3 is 0 Å². The number of nitrogens with zero attached hydrogens (tertiary/aromatic N) is 4. The average Bonchev–Trinajstić information content (AvgIpc) is 3.12. The summed E-state index contributed by atoms with van der Waals surface area (Å²) in [5, 5.41) is 7.20. The van der Waals surface area contributed by atoms with Crippen LogP contribution in [0.5, 0.6) is 0 Å². The lowest BCUT2D eigenvalue weighted by molar-refractivity contribution is 0.102. The van der Waals surface area contributed by atoms with Crippen molar-refractivity contribution in [3.8, 4) is 0 Å². The first-order valence-corrected chi connectivity index (χ1v) is 9.84. The van der Waals surface area contributed by atoms with Crippen molar-refractivity contribution in [2.45, 2.75) is 24.5 Å². The number of rotatable bonds is 5. The number of fused-ring (bicyclic) bond motifs is 1. The minimum absolute atomic E-state index is 0.219. The number of amides is 1. The Morgan fingerprint density at radius 3 is 2.71 bits per heavy atom. The Morgan fingerprint density at radius 2 is 1.96 bits per heavy atom. The highest BCUT2D eigenvalue weighted by atomic mass is 32.2. The van der Waals surface area contributed by atoms with E-state index in [0.29, 0.717) is 11.2 Å². The summed E-state index contributed by atoms with van der Waals surface area (Å²) in [7, 11) is 0. The molecular formula is C21H19N5OS. The number of hydrogen-bond acceptors (Lipinski definition) is 5. The molecule has 0 saturated carbocycles. The number of aromatic nitrogens is 4. The van der Waals surface area contributed by atoms with Gasteiger partial charge in [0.05, 0.1) is 6.20 Å². The summed E-state index contributed by atoms with van der Waals surface area (Å²) in [5.41, 5.74) is 4.74. The molecule has 3 heterocycles. The van der Waals surface area contributed by atoms with Crippen LogP contribution in [0.25, 0.3) is 5.65 Å². The van der Waals surface area contributed by atoms with Crippen molar-refractivity contribution < 1.29 is 4.79 Å². The van der Waals surface area contributed by atoms with Crippen LogP contribution in [-0.4, -0.2) is 25.5 Å². The fraction of sp³-hybridized carbons (Fsp3) is 0.143. The van der Waals surface area contributed by atoms with Gasteiger partial charge in [-0.2, -0.15) is 5.10 Å². The molecule has 0 spiro atoms. The largest absolute Gasteiger partial charge is 0.322 e. The predicted octanol–water partition coefficient (Wildman–Crippen LogP) is 4.29. The van der Waals surface area contributed by atoms with Crippen molar-refractivity contribution in [3.05, 3.63) is 83.6 Å². The molecule has 0 aliphatic rings. The van der Waals surface area contributed by atoms with E-state index in [-0.39, 0.29) is 5.91 Å². The van der Waals surface area contributed by atoms with E-state index in [1.54, 1.807) is 28.7 Å². The molecule has 0 fully saturated rings. The maximum Gasteiger partial charge on any atom is 0.261 e. The zero-order valence-corrected chi connectivity index (χ0v) is 16.4. The lowest BCUT2D eigenvalue weighted by Gasteiger charge is -2.06. The van der Waals surface area contributed by atoms with Gasteiger partial charge < -0.3 is 5.32 Å². The topological polar surface area (TPSA) is 72.2 Å². The van der Waals surface area contributed by atoms with Gasteiger partial charge in [-0.05, 0) is 55.8 Å². The molecule has 0 bridgehead atoms. The molecule has 1 N–H and O–H groups in total. The molecule has 0 radical (unpaired) electrons. The van der Waals surface area contributed by atoms with Crippen LogP contribution in [0.2, 0.25) is 0 Å².